The molecule has 1 saturated heterocycles. The molecule has 1 N–H and O–H groups in total. The van der Waals surface area contributed by atoms with Crippen LogP contribution in [-0.4, -0.2) is 12.6 Å². The maximum atomic E-state index is 3.48. The molecule has 1 unspecified atom stereocenters. The third-order valence-electron chi connectivity index (χ3n) is 3.39. The Balaban J connectivity index is 1.85. The van der Waals surface area contributed by atoms with Gasteiger partial charge in [-0.05, 0) is 41.8 Å². The molecular weight excluding hydrogens is 206 g/mol. The molecule has 0 aromatic heterocycles. The smallest absolute Gasteiger partial charge is 0.0253 e. The molecule has 1 aliphatic rings. The van der Waals surface area contributed by atoms with E-state index in [-0.39, 0.29) is 0 Å². The van der Waals surface area contributed by atoms with Crippen LogP contribution in [0.25, 0.3) is 16.8 Å². The highest BCUT2D eigenvalue weighted by atomic mass is 14.9. The third kappa shape index (κ3) is 2.40. The summed E-state index contributed by atoms with van der Waals surface area (Å²) in [5.41, 5.74) is 1.29. The molecule has 0 amide bonds. The first kappa shape index (κ1) is 10.5. The number of benzene rings is 2. The third-order valence-corrected chi connectivity index (χ3v) is 3.39. The van der Waals surface area contributed by atoms with Gasteiger partial charge in [-0.2, -0.15) is 0 Å². The molecular formula is C16H17N. The molecule has 1 heteroatoms. The second-order valence-electron chi connectivity index (χ2n) is 4.67. The van der Waals surface area contributed by atoms with Gasteiger partial charge in [0.15, 0.2) is 0 Å². The summed E-state index contributed by atoms with van der Waals surface area (Å²) in [5, 5.41) is 6.10. The van der Waals surface area contributed by atoms with Gasteiger partial charge in [-0.25, -0.2) is 0 Å². The summed E-state index contributed by atoms with van der Waals surface area (Å²) < 4.78 is 0. The van der Waals surface area contributed by atoms with E-state index in [9.17, 15) is 0 Å². The molecule has 0 bridgehead atoms. The van der Waals surface area contributed by atoms with Gasteiger partial charge in [0.2, 0.25) is 0 Å². The van der Waals surface area contributed by atoms with Crippen molar-refractivity contribution in [2.24, 2.45) is 0 Å². The summed E-state index contributed by atoms with van der Waals surface area (Å²) in [6.07, 6.45) is 7.09. The Morgan fingerprint density at radius 3 is 2.76 bits per heavy atom. The van der Waals surface area contributed by atoms with Crippen LogP contribution < -0.4 is 5.32 Å². The van der Waals surface area contributed by atoms with Crippen LogP contribution in [0.2, 0.25) is 0 Å². The molecule has 0 aliphatic carbocycles. The van der Waals surface area contributed by atoms with E-state index in [2.05, 4.69) is 59.9 Å². The number of hydrogen-bond donors (Lipinski definition) is 1. The minimum Gasteiger partial charge on any atom is -0.311 e. The van der Waals surface area contributed by atoms with Gasteiger partial charge in [-0.1, -0.05) is 48.6 Å². The zero-order valence-electron chi connectivity index (χ0n) is 9.89. The number of hydrogen-bond acceptors (Lipinski definition) is 1. The Hall–Kier alpha value is -1.60. The van der Waals surface area contributed by atoms with Crippen molar-refractivity contribution < 1.29 is 0 Å². The van der Waals surface area contributed by atoms with Gasteiger partial charge >= 0.3 is 0 Å². The summed E-state index contributed by atoms with van der Waals surface area (Å²) in [4.78, 5) is 0. The van der Waals surface area contributed by atoms with Crippen molar-refractivity contribution >= 4 is 16.8 Å². The second kappa shape index (κ2) is 4.72. The predicted molar refractivity (Wildman–Crippen MR) is 74.0 cm³/mol. The van der Waals surface area contributed by atoms with Gasteiger partial charge in [0.05, 0.1) is 0 Å². The Kier molecular flexibility index (Phi) is 2.93. The Bertz CT molecular complexity index is 536. The van der Waals surface area contributed by atoms with Crippen molar-refractivity contribution in [3.05, 3.63) is 54.1 Å². The quantitative estimate of drug-likeness (QED) is 0.820. The lowest BCUT2D eigenvalue weighted by molar-refractivity contribution is 0.730. The van der Waals surface area contributed by atoms with Crippen LogP contribution in [-0.2, 0) is 0 Å². The summed E-state index contributed by atoms with van der Waals surface area (Å²) in [6, 6.07) is 15.7. The monoisotopic (exact) mass is 223 g/mol. The van der Waals surface area contributed by atoms with Crippen molar-refractivity contribution in [1.29, 1.82) is 0 Å². The summed E-state index contributed by atoms with van der Waals surface area (Å²) in [7, 11) is 0. The minimum atomic E-state index is 0.571. The number of fused-ring (bicyclic) bond motifs is 1. The van der Waals surface area contributed by atoms with E-state index >= 15 is 0 Å². The molecule has 2 aromatic carbocycles. The van der Waals surface area contributed by atoms with E-state index in [0.717, 1.165) is 6.54 Å². The normalized spacial score (nSPS) is 20.4. The molecule has 1 atom stereocenters. The second-order valence-corrected chi connectivity index (χ2v) is 4.67. The average molecular weight is 223 g/mol. The number of nitrogens with one attached hydrogen (secondary N) is 1. The minimum absolute atomic E-state index is 0.571. The molecule has 86 valence electrons. The van der Waals surface area contributed by atoms with Crippen molar-refractivity contribution in [1.82, 2.24) is 5.32 Å². The average Bonchev–Trinajstić information content (AvgIpc) is 2.89. The lowest BCUT2D eigenvalue weighted by Crippen LogP contribution is -2.17. The first-order valence-corrected chi connectivity index (χ1v) is 6.32. The lowest BCUT2D eigenvalue weighted by Gasteiger charge is -2.03. The van der Waals surface area contributed by atoms with Gasteiger partial charge in [-0.15, -0.1) is 0 Å². The van der Waals surface area contributed by atoms with Crippen molar-refractivity contribution in [3.8, 4) is 0 Å². The van der Waals surface area contributed by atoms with Gasteiger partial charge in [0.25, 0.3) is 0 Å². The molecule has 1 aliphatic heterocycles. The fraction of sp³-hybridized carbons (Fsp3) is 0.250. The first-order valence-electron chi connectivity index (χ1n) is 6.32. The fourth-order valence-electron chi connectivity index (χ4n) is 2.41. The molecule has 0 radical (unpaired) electrons. The van der Waals surface area contributed by atoms with Crippen LogP contribution in [0.1, 0.15) is 18.4 Å². The Labute approximate surface area is 102 Å². The van der Waals surface area contributed by atoms with Crippen LogP contribution >= 0.6 is 0 Å². The van der Waals surface area contributed by atoms with E-state index in [1.807, 2.05) is 0 Å². The maximum Gasteiger partial charge on any atom is 0.0253 e. The van der Waals surface area contributed by atoms with E-state index in [1.165, 1.54) is 29.2 Å². The summed E-state index contributed by atoms with van der Waals surface area (Å²) >= 11 is 0. The standard InChI is InChI=1S/C16H17N/c1-2-5-15-12-13(7-9-14(15)4-1)8-10-16-6-3-11-17-16/h1-2,4-5,7-10,12,16-17H,3,6,11H2/b10-8+. The molecule has 1 nitrogen and oxygen atoms in total. The van der Waals surface area contributed by atoms with E-state index in [0.29, 0.717) is 6.04 Å². The van der Waals surface area contributed by atoms with Crippen LogP contribution in [0.3, 0.4) is 0 Å². The molecule has 1 heterocycles. The molecule has 1 fully saturated rings. The van der Waals surface area contributed by atoms with E-state index in [1.54, 1.807) is 0 Å². The highest BCUT2D eigenvalue weighted by molar-refractivity contribution is 5.84. The van der Waals surface area contributed by atoms with Crippen molar-refractivity contribution in [2.45, 2.75) is 18.9 Å². The van der Waals surface area contributed by atoms with Crippen LogP contribution in [0.4, 0.5) is 0 Å². The predicted octanol–water partition coefficient (Wildman–Crippen LogP) is 3.61. The Morgan fingerprint density at radius 1 is 1.06 bits per heavy atom. The van der Waals surface area contributed by atoms with Crippen LogP contribution in [0.5, 0.6) is 0 Å². The number of rotatable bonds is 2. The highest BCUT2D eigenvalue weighted by Crippen LogP contribution is 2.17. The SMILES string of the molecule is C(=C\C1CCCN1)/c1ccc2ccccc2c1. The van der Waals surface area contributed by atoms with E-state index in [4.69, 9.17) is 0 Å². The lowest BCUT2D eigenvalue weighted by atomic mass is 10.1. The van der Waals surface area contributed by atoms with E-state index < -0.39 is 0 Å². The molecule has 17 heavy (non-hydrogen) atoms. The topological polar surface area (TPSA) is 12.0 Å². The summed E-state index contributed by atoms with van der Waals surface area (Å²) in [5.74, 6) is 0. The first-order chi connectivity index (χ1) is 8.42. The van der Waals surface area contributed by atoms with Gasteiger partial charge in [0.1, 0.15) is 0 Å². The molecule has 2 aromatic rings. The molecule has 0 saturated carbocycles. The zero-order valence-corrected chi connectivity index (χ0v) is 9.89. The van der Waals surface area contributed by atoms with Gasteiger partial charge in [0, 0.05) is 6.04 Å². The van der Waals surface area contributed by atoms with Crippen LogP contribution in [0.15, 0.2) is 48.5 Å². The maximum absolute atomic E-state index is 3.48. The van der Waals surface area contributed by atoms with Crippen molar-refractivity contribution in [2.75, 3.05) is 6.54 Å². The summed E-state index contributed by atoms with van der Waals surface area (Å²) in [6.45, 7) is 1.16. The van der Waals surface area contributed by atoms with Crippen molar-refractivity contribution in [3.63, 3.8) is 0 Å². The molecule has 3 rings (SSSR count). The Morgan fingerprint density at radius 2 is 1.94 bits per heavy atom. The zero-order chi connectivity index (χ0) is 11.5. The van der Waals surface area contributed by atoms with Gasteiger partial charge in [-0.3, -0.25) is 0 Å². The van der Waals surface area contributed by atoms with Gasteiger partial charge < -0.3 is 5.32 Å². The highest BCUT2D eigenvalue weighted by Gasteiger charge is 2.09. The largest absolute Gasteiger partial charge is 0.311 e. The van der Waals surface area contributed by atoms with Crippen LogP contribution in [0, 0.1) is 0 Å². The fourth-order valence-corrected chi connectivity index (χ4v) is 2.41. The molecule has 0 spiro atoms.